The van der Waals surface area contributed by atoms with Gasteiger partial charge in [-0.25, -0.2) is 0 Å². The Kier molecular flexibility index (Phi) is 5.50. The molecule has 18 heavy (non-hydrogen) atoms. The van der Waals surface area contributed by atoms with E-state index in [-0.39, 0.29) is 0 Å². The molecule has 0 bridgehead atoms. The first-order valence-corrected chi connectivity index (χ1v) is 8.11. The third-order valence-corrected chi connectivity index (χ3v) is 5.11. The third kappa shape index (κ3) is 4.24. The summed E-state index contributed by atoms with van der Waals surface area (Å²) in [5, 5.41) is 0. The predicted molar refractivity (Wildman–Crippen MR) is 78.9 cm³/mol. The van der Waals surface area contributed by atoms with Crippen LogP contribution >= 0.6 is 0 Å². The Balaban J connectivity index is 1.60. The largest absolute Gasteiger partial charge is 0.303 e. The van der Waals surface area contributed by atoms with Crippen molar-refractivity contribution in [2.45, 2.75) is 58.9 Å². The summed E-state index contributed by atoms with van der Waals surface area (Å²) in [4.78, 5) is 5.34. The molecule has 2 rings (SSSR count). The van der Waals surface area contributed by atoms with Crippen LogP contribution in [-0.2, 0) is 0 Å². The van der Waals surface area contributed by atoms with Crippen LogP contribution in [0.25, 0.3) is 0 Å². The van der Waals surface area contributed by atoms with Crippen LogP contribution < -0.4 is 0 Å². The van der Waals surface area contributed by atoms with E-state index in [0.717, 1.165) is 17.9 Å². The minimum atomic E-state index is 0.745. The minimum absolute atomic E-state index is 0.745. The van der Waals surface area contributed by atoms with E-state index in [1.807, 2.05) is 0 Å². The molecule has 2 heterocycles. The number of hydrogen-bond donors (Lipinski definition) is 0. The summed E-state index contributed by atoms with van der Waals surface area (Å²) >= 11 is 0. The molecule has 2 saturated heterocycles. The standard InChI is InChI=1S/C16H32N2/c1-14(2)18-12-7-16(8-13-18)6-11-17-9-4-15(3)5-10-17/h14-16H,4-13H2,1-3H3. The molecule has 0 amide bonds. The minimum Gasteiger partial charge on any atom is -0.303 e. The second-order valence-electron chi connectivity index (χ2n) is 6.89. The van der Waals surface area contributed by atoms with Crippen molar-refractivity contribution in [1.29, 1.82) is 0 Å². The molecule has 106 valence electrons. The summed E-state index contributed by atoms with van der Waals surface area (Å²) in [5.74, 6) is 1.97. The van der Waals surface area contributed by atoms with Crippen LogP contribution in [0, 0.1) is 11.8 Å². The molecular formula is C16H32N2. The number of piperidine rings is 2. The van der Waals surface area contributed by atoms with Crippen molar-refractivity contribution in [3.8, 4) is 0 Å². The van der Waals surface area contributed by atoms with Gasteiger partial charge in [-0.1, -0.05) is 6.92 Å². The highest BCUT2D eigenvalue weighted by atomic mass is 15.2. The van der Waals surface area contributed by atoms with Crippen LogP contribution in [0.5, 0.6) is 0 Å². The summed E-state index contributed by atoms with van der Waals surface area (Å²) in [6.07, 6.45) is 7.16. The highest BCUT2D eigenvalue weighted by molar-refractivity contribution is 4.76. The zero-order valence-corrected chi connectivity index (χ0v) is 12.7. The van der Waals surface area contributed by atoms with Crippen LogP contribution in [0.1, 0.15) is 52.9 Å². The van der Waals surface area contributed by atoms with E-state index in [1.165, 1.54) is 64.8 Å². The SMILES string of the molecule is CC1CCN(CCC2CCN(C(C)C)CC2)CC1. The van der Waals surface area contributed by atoms with Crippen molar-refractivity contribution in [2.75, 3.05) is 32.7 Å². The quantitative estimate of drug-likeness (QED) is 0.758. The smallest absolute Gasteiger partial charge is 0.00385 e. The van der Waals surface area contributed by atoms with E-state index in [9.17, 15) is 0 Å². The van der Waals surface area contributed by atoms with Crippen molar-refractivity contribution < 1.29 is 0 Å². The molecule has 0 spiro atoms. The summed E-state index contributed by atoms with van der Waals surface area (Å²) in [5.41, 5.74) is 0. The van der Waals surface area contributed by atoms with Gasteiger partial charge in [-0.05, 0) is 90.5 Å². The average molecular weight is 252 g/mol. The van der Waals surface area contributed by atoms with Gasteiger partial charge in [0.1, 0.15) is 0 Å². The topological polar surface area (TPSA) is 6.48 Å². The number of hydrogen-bond acceptors (Lipinski definition) is 2. The lowest BCUT2D eigenvalue weighted by atomic mass is 9.92. The average Bonchev–Trinajstić information content (AvgIpc) is 2.38. The molecule has 0 radical (unpaired) electrons. The highest BCUT2D eigenvalue weighted by Crippen LogP contribution is 2.23. The fraction of sp³-hybridized carbons (Fsp3) is 1.00. The van der Waals surface area contributed by atoms with Crippen LogP contribution in [0.15, 0.2) is 0 Å². The normalized spacial score (nSPS) is 26.0. The van der Waals surface area contributed by atoms with Crippen LogP contribution in [0.3, 0.4) is 0 Å². The van der Waals surface area contributed by atoms with E-state index < -0.39 is 0 Å². The highest BCUT2D eigenvalue weighted by Gasteiger charge is 2.22. The van der Waals surface area contributed by atoms with E-state index in [4.69, 9.17) is 0 Å². The van der Waals surface area contributed by atoms with E-state index in [0.29, 0.717) is 0 Å². The molecule has 0 aliphatic carbocycles. The zero-order valence-electron chi connectivity index (χ0n) is 12.7. The van der Waals surface area contributed by atoms with Crippen LogP contribution in [0.2, 0.25) is 0 Å². The molecular weight excluding hydrogens is 220 g/mol. The van der Waals surface area contributed by atoms with Crippen LogP contribution in [0.4, 0.5) is 0 Å². The molecule has 0 unspecified atom stereocenters. The molecule has 2 heteroatoms. The molecule has 0 aromatic heterocycles. The Hall–Kier alpha value is -0.0800. The Morgan fingerprint density at radius 3 is 2.11 bits per heavy atom. The lowest BCUT2D eigenvalue weighted by Gasteiger charge is -2.36. The third-order valence-electron chi connectivity index (χ3n) is 5.11. The monoisotopic (exact) mass is 252 g/mol. The Morgan fingerprint density at radius 2 is 1.56 bits per heavy atom. The second-order valence-corrected chi connectivity index (χ2v) is 6.89. The van der Waals surface area contributed by atoms with Gasteiger partial charge in [-0.2, -0.15) is 0 Å². The number of likely N-dealkylation sites (tertiary alicyclic amines) is 2. The first-order valence-electron chi connectivity index (χ1n) is 8.11. The van der Waals surface area contributed by atoms with Crippen molar-refractivity contribution in [3.63, 3.8) is 0 Å². The molecule has 2 nitrogen and oxygen atoms in total. The van der Waals surface area contributed by atoms with Gasteiger partial charge in [0.2, 0.25) is 0 Å². The Labute approximate surface area is 114 Å². The Bertz CT molecular complexity index is 223. The molecule has 0 atom stereocenters. The van der Waals surface area contributed by atoms with Gasteiger partial charge in [-0.15, -0.1) is 0 Å². The van der Waals surface area contributed by atoms with Crippen molar-refractivity contribution in [3.05, 3.63) is 0 Å². The van der Waals surface area contributed by atoms with E-state index >= 15 is 0 Å². The van der Waals surface area contributed by atoms with Gasteiger partial charge in [0, 0.05) is 6.04 Å². The molecule has 0 N–H and O–H groups in total. The Morgan fingerprint density at radius 1 is 0.944 bits per heavy atom. The summed E-state index contributed by atoms with van der Waals surface area (Å²) in [6, 6.07) is 0.745. The maximum Gasteiger partial charge on any atom is 0.00385 e. The fourth-order valence-corrected chi connectivity index (χ4v) is 3.41. The van der Waals surface area contributed by atoms with Gasteiger partial charge < -0.3 is 9.80 Å². The molecule has 0 aromatic carbocycles. The first-order chi connectivity index (χ1) is 8.65. The summed E-state index contributed by atoms with van der Waals surface area (Å²) < 4.78 is 0. The van der Waals surface area contributed by atoms with Crippen molar-refractivity contribution in [1.82, 2.24) is 9.80 Å². The van der Waals surface area contributed by atoms with Gasteiger partial charge >= 0.3 is 0 Å². The van der Waals surface area contributed by atoms with Gasteiger partial charge in [0.05, 0.1) is 0 Å². The van der Waals surface area contributed by atoms with E-state index in [2.05, 4.69) is 30.6 Å². The lowest BCUT2D eigenvalue weighted by Crippen LogP contribution is -2.40. The lowest BCUT2D eigenvalue weighted by molar-refractivity contribution is 0.128. The first kappa shape index (κ1) is 14.3. The van der Waals surface area contributed by atoms with Gasteiger partial charge in [-0.3, -0.25) is 0 Å². The fourth-order valence-electron chi connectivity index (χ4n) is 3.41. The molecule has 2 fully saturated rings. The summed E-state index contributed by atoms with van der Waals surface area (Å²) in [7, 11) is 0. The van der Waals surface area contributed by atoms with Crippen LogP contribution in [-0.4, -0.2) is 48.6 Å². The van der Waals surface area contributed by atoms with Crippen molar-refractivity contribution in [2.24, 2.45) is 11.8 Å². The molecule has 0 saturated carbocycles. The zero-order chi connectivity index (χ0) is 13.0. The van der Waals surface area contributed by atoms with Crippen molar-refractivity contribution >= 4 is 0 Å². The molecule has 2 aliphatic rings. The number of rotatable bonds is 4. The molecule has 2 aliphatic heterocycles. The maximum absolute atomic E-state index is 2.70. The summed E-state index contributed by atoms with van der Waals surface area (Å²) in [6.45, 7) is 13.8. The molecule has 0 aromatic rings. The van der Waals surface area contributed by atoms with Gasteiger partial charge in [0.25, 0.3) is 0 Å². The van der Waals surface area contributed by atoms with Gasteiger partial charge in [0.15, 0.2) is 0 Å². The number of nitrogens with zero attached hydrogens (tertiary/aromatic N) is 2. The predicted octanol–water partition coefficient (Wildman–Crippen LogP) is 3.23. The maximum atomic E-state index is 2.70. The van der Waals surface area contributed by atoms with E-state index in [1.54, 1.807) is 0 Å². The second kappa shape index (κ2) is 6.91.